The van der Waals surface area contributed by atoms with Crippen molar-refractivity contribution in [2.45, 2.75) is 0 Å². The first-order valence-electron chi connectivity index (χ1n) is 14.5. The second-order valence-electron chi connectivity index (χ2n) is 10.8. The third kappa shape index (κ3) is 3.91. The molecule has 6 aromatic carbocycles. The average molecular weight is 566 g/mol. The van der Waals surface area contributed by atoms with Gasteiger partial charge in [-0.15, -0.1) is 0 Å². The van der Waals surface area contributed by atoms with Crippen LogP contribution < -0.4 is 0 Å². The molecule has 0 bridgehead atoms. The predicted molar refractivity (Wildman–Crippen MR) is 176 cm³/mol. The normalized spacial score (nSPS) is 11.6. The molecule has 0 unspecified atom stereocenters. The van der Waals surface area contributed by atoms with Gasteiger partial charge in [0.05, 0.1) is 0 Å². The molecule has 0 aliphatic heterocycles. The van der Waals surface area contributed by atoms with Crippen LogP contribution in [0.2, 0.25) is 0 Å². The first-order chi connectivity index (χ1) is 21.8. The Morgan fingerprint density at radius 2 is 0.955 bits per heavy atom. The summed E-state index contributed by atoms with van der Waals surface area (Å²) in [5.74, 6) is 1.85. The summed E-state index contributed by atoms with van der Waals surface area (Å²) >= 11 is 0. The Hall–Kier alpha value is -6.07. The lowest BCUT2D eigenvalue weighted by Crippen LogP contribution is -2.00. The number of aromatic nitrogens is 3. The molecule has 0 saturated carbocycles. The molecule has 0 atom stereocenters. The average Bonchev–Trinajstić information content (AvgIpc) is 3.67. The Morgan fingerprint density at radius 3 is 1.73 bits per heavy atom. The second-order valence-corrected chi connectivity index (χ2v) is 10.8. The van der Waals surface area contributed by atoms with E-state index in [4.69, 9.17) is 23.8 Å². The van der Waals surface area contributed by atoms with E-state index in [0.717, 1.165) is 71.7 Å². The summed E-state index contributed by atoms with van der Waals surface area (Å²) in [6.45, 7) is 0. The Morgan fingerprint density at radius 1 is 0.364 bits per heavy atom. The highest BCUT2D eigenvalue weighted by molar-refractivity contribution is 6.15. The maximum absolute atomic E-state index is 6.62. The van der Waals surface area contributed by atoms with E-state index in [9.17, 15) is 0 Å². The molecule has 0 N–H and O–H groups in total. The molecular weight excluding hydrogens is 542 g/mol. The van der Waals surface area contributed by atoms with Gasteiger partial charge in [-0.1, -0.05) is 115 Å². The van der Waals surface area contributed by atoms with Crippen molar-refractivity contribution < 1.29 is 8.83 Å². The van der Waals surface area contributed by atoms with Crippen molar-refractivity contribution in [2.24, 2.45) is 0 Å². The molecule has 9 rings (SSSR count). The van der Waals surface area contributed by atoms with Crippen LogP contribution in [0.1, 0.15) is 0 Å². The molecular formula is C39H23N3O2. The molecule has 0 amide bonds. The van der Waals surface area contributed by atoms with Gasteiger partial charge in [0.15, 0.2) is 17.5 Å². The Bertz CT molecular complexity index is 2440. The summed E-state index contributed by atoms with van der Waals surface area (Å²) in [5.41, 5.74) is 8.19. The minimum absolute atomic E-state index is 0.600. The van der Waals surface area contributed by atoms with Crippen LogP contribution in [-0.2, 0) is 0 Å². The molecule has 206 valence electrons. The number of hydrogen-bond acceptors (Lipinski definition) is 5. The minimum atomic E-state index is 0.600. The molecule has 0 fully saturated rings. The number of hydrogen-bond donors (Lipinski definition) is 0. The summed E-state index contributed by atoms with van der Waals surface area (Å²) in [6, 6.07) is 46.9. The summed E-state index contributed by atoms with van der Waals surface area (Å²) < 4.78 is 12.7. The molecule has 5 heteroatoms. The monoisotopic (exact) mass is 565 g/mol. The smallest absolute Gasteiger partial charge is 0.164 e. The quantitative estimate of drug-likeness (QED) is 0.212. The van der Waals surface area contributed by atoms with Crippen LogP contribution in [-0.4, -0.2) is 15.0 Å². The SMILES string of the molecule is c1ccc(-c2nc(-c3ccccc3)nc(-c3cccc4oc5c(-c6ccc7oc8ccccc8c7c6)cccc5c34)n2)cc1. The van der Waals surface area contributed by atoms with Gasteiger partial charge in [-0.3, -0.25) is 0 Å². The Labute approximate surface area is 252 Å². The van der Waals surface area contributed by atoms with E-state index in [1.54, 1.807) is 0 Å². The number of nitrogens with zero attached hydrogens (tertiary/aromatic N) is 3. The number of para-hydroxylation sites is 2. The van der Waals surface area contributed by atoms with Gasteiger partial charge in [-0.2, -0.15) is 0 Å². The van der Waals surface area contributed by atoms with E-state index in [1.807, 2.05) is 97.1 Å². The number of rotatable bonds is 4. The van der Waals surface area contributed by atoms with Crippen molar-refractivity contribution in [3.05, 3.63) is 140 Å². The highest BCUT2D eigenvalue weighted by atomic mass is 16.3. The van der Waals surface area contributed by atoms with Crippen LogP contribution in [0.3, 0.4) is 0 Å². The van der Waals surface area contributed by atoms with Gasteiger partial charge in [0.1, 0.15) is 22.3 Å². The lowest BCUT2D eigenvalue weighted by atomic mass is 9.99. The highest BCUT2D eigenvalue weighted by Gasteiger charge is 2.20. The molecule has 3 aromatic heterocycles. The van der Waals surface area contributed by atoms with Crippen LogP contribution in [0.4, 0.5) is 0 Å². The van der Waals surface area contributed by atoms with Crippen LogP contribution in [0.5, 0.6) is 0 Å². The van der Waals surface area contributed by atoms with Gasteiger partial charge in [0.25, 0.3) is 0 Å². The van der Waals surface area contributed by atoms with E-state index in [1.165, 1.54) is 0 Å². The van der Waals surface area contributed by atoms with Gasteiger partial charge < -0.3 is 8.83 Å². The topological polar surface area (TPSA) is 65.0 Å². The van der Waals surface area contributed by atoms with Crippen molar-refractivity contribution >= 4 is 43.9 Å². The molecule has 0 aliphatic carbocycles. The van der Waals surface area contributed by atoms with Gasteiger partial charge >= 0.3 is 0 Å². The molecule has 3 heterocycles. The number of fused-ring (bicyclic) bond motifs is 6. The summed E-state index contributed by atoms with van der Waals surface area (Å²) in [7, 11) is 0. The molecule has 44 heavy (non-hydrogen) atoms. The van der Waals surface area contributed by atoms with Crippen molar-refractivity contribution in [1.29, 1.82) is 0 Å². The maximum Gasteiger partial charge on any atom is 0.164 e. The maximum atomic E-state index is 6.62. The van der Waals surface area contributed by atoms with Gasteiger partial charge in [0, 0.05) is 43.8 Å². The van der Waals surface area contributed by atoms with Crippen LogP contribution in [0, 0.1) is 0 Å². The van der Waals surface area contributed by atoms with Gasteiger partial charge in [0.2, 0.25) is 0 Å². The fourth-order valence-electron chi connectivity index (χ4n) is 6.08. The molecule has 0 saturated heterocycles. The summed E-state index contributed by atoms with van der Waals surface area (Å²) in [5, 5.41) is 4.16. The van der Waals surface area contributed by atoms with Crippen molar-refractivity contribution in [3.8, 4) is 45.3 Å². The van der Waals surface area contributed by atoms with Crippen molar-refractivity contribution in [2.75, 3.05) is 0 Å². The molecule has 9 aromatic rings. The first-order valence-corrected chi connectivity index (χ1v) is 14.5. The minimum Gasteiger partial charge on any atom is -0.456 e. The van der Waals surface area contributed by atoms with E-state index in [2.05, 4.69) is 42.5 Å². The Kier molecular flexibility index (Phi) is 5.43. The zero-order valence-electron chi connectivity index (χ0n) is 23.4. The zero-order chi connectivity index (χ0) is 29.0. The first kappa shape index (κ1) is 24.5. The zero-order valence-corrected chi connectivity index (χ0v) is 23.4. The fourth-order valence-corrected chi connectivity index (χ4v) is 6.08. The predicted octanol–water partition coefficient (Wildman–Crippen LogP) is 10.3. The third-order valence-corrected chi connectivity index (χ3v) is 8.15. The highest BCUT2D eigenvalue weighted by Crippen LogP contribution is 2.41. The van der Waals surface area contributed by atoms with E-state index in [-0.39, 0.29) is 0 Å². The standard InChI is InChI=1S/C39H23N3O2/c1-3-11-24(12-4-1)37-40-38(25-13-5-2-6-14-25)42-39(41-37)30-18-10-20-34-35(30)29-17-9-16-27(36(29)44-34)26-21-22-33-31(23-26)28-15-7-8-19-32(28)43-33/h1-23H. The van der Waals surface area contributed by atoms with Gasteiger partial charge in [-0.05, 0) is 29.8 Å². The Balaban J connectivity index is 1.27. The molecule has 0 radical (unpaired) electrons. The molecule has 0 spiro atoms. The molecule has 0 aliphatic rings. The molecule has 5 nitrogen and oxygen atoms in total. The lowest BCUT2D eigenvalue weighted by molar-refractivity contribution is 0.668. The van der Waals surface area contributed by atoms with E-state index in [0.29, 0.717) is 17.5 Å². The van der Waals surface area contributed by atoms with E-state index < -0.39 is 0 Å². The van der Waals surface area contributed by atoms with Crippen LogP contribution in [0.25, 0.3) is 89.2 Å². The number of furan rings is 2. The lowest BCUT2D eigenvalue weighted by Gasteiger charge is -2.09. The third-order valence-electron chi connectivity index (χ3n) is 8.15. The van der Waals surface area contributed by atoms with E-state index >= 15 is 0 Å². The van der Waals surface area contributed by atoms with Crippen LogP contribution in [0.15, 0.2) is 148 Å². The van der Waals surface area contributed by atoms with Crippen molar-refractivity contribution in [1.82, 2.24) is 15.0 Å². The van der Waals surface area contributed by atoms with Crippen molar-refractivity contribution in [3.63, 3.8) is 0 Å². The second kappa shape index (κ2) is 9.75. The summed E-state index contributed by atoms with van der Waals surface area (Å²) in [6.07, 6.45) is 0. The van der Waals surface area contributed by atoms with Gasteiger partial charge in [-0.25, -0.2) is 15.0 Å². The van der Waals surface area contributed by atoms with Crippen LogP contribution >= 0.6 is 0 Å². The largest absolute Gasteiger partial charge is 0.456 e. The number of benzene rings is 6. The summed E-state index contributed by atoms with van der Waals surface area (Å²) in [4.78, 5) is 14.9. The fraction of sp³-hybridized carbons (Fsp3) is 0.